The van der Waals surface area contributed by atoms with Crippen LogP contribution in [0.15, 0.2) is 41.3 Å². The van der Waals surface area contributed by atoms with Gasteiger partial charge >= 0.3 is 0 Å². The van der Waals surface area contributed by atoms with Gasteiger partial charge in [0.1, 0.15) is 16.4 Å². The van der Waals surface area contributed by atoms with E-state index in [0.29, 0.717) is 16.3 Å². The zero-order valence-electron chi connectivity index (χ0n) is 11.8. The predicted octanol–water partition coefficient (Wildman–Crippen LogP) is 4.22. The minimum Gasteiger partial charge on any atom is -0.456 e. The number of aryl methyl sites for hydroxylation is 1. The van der Waals surface area contributed by atoms with Crippen molar-refractivity contribution in [2.24, 2.45) is 0 Å². The Hall–Kier alpha value is -1.56. The first-order chi connectivity index (χ1) is 10.2. The topological polar surface area (TPSA) is 60.4 Å². The van der Waals surface area contributed by atoms with Crippen molar-refractivity contribution >= 4 is 38.3 Å². The highest BCUT2D eigenvalue weighted by Gasteiger charge is 2.20. The van der Waals surface area contributed by atoms with Gasteiger partial charge < -0.3 is 4.74 Å². The number of carbonyl (C=O) groups excluding carboxylic acids is 1. The summed E-state index contributed by atoms with van der Waals surface area (Å²) in [5, 5.41) is -0.185. The quantitative estimate of drug-likeness (QED) is 0.767. The summed E-state index contributed by atoms with van der Waals surface area (Å²) >= 11 is 11.3. The zero-order chi connectivity index (χ0) is 16.5. The molecule has 0 aromatic heterocycles. The zero-order valence-corrected chi connectivity index (χ0v) is 14.1. The number of rotatable bonds is 4. The summed E-state index contributed by atoms with van der Waals surface area (Å²) in [5.74, 6) is 0.558. The lowest BCUT2D eigenvalue weighted by molar-refractivity contribution is 0.108. The van der Waals surface area contributed by atoms with Crippen LogP contribution in [0.5, 0.6) is 11.5 Å². The molecule has 0 atom stereocenters. The van der Waals surface area contributed by atoms with Gasteiger partial charge in [-0.05, 0) is 60.5 Å². The fourth-order valence-electron chi connectivity index (χ4n) is 1.87. The number of carbonyl (C=O) groups is 1. The molecule has 0 bridgehead atoms. The maximum absolute atomic E-state index is 11.9. The fraction of sp³-hybridized carbons (Fsp3) is 0.133. The van der Waals surface area contributed by atoms with Crippen molar-refractivity contribution in [3.8, 4) is 11.5 Å². The third kappa shape index (κ3) is 3.80. The molecule has 0 radical (unpaired) electrons. The minimum absolute atomic E-state index is 0.1000. The van der Waals surface area contributed by atoms with Crippen molar-refractivity contribution in [1.82, 2.24) is 0 Å². The molecule has 22 heavy (non-hydrogen) atoms. The van der Waals surface area contributed by atoms with Gasteiger partial charge in [-0.1, -0.05) is 11.6 Å². The first kappa shape index (κ1) is 16.8. The summed E-state index contributed by atoms with van der Waals surface area (Å²) in [5.41, 5.74) is 0.655. The van der Waals surface area contributed by atoms with Crippen LogP contribution in [-0.2, 0) is 9.84 Å². The van der Waals surface area contributed by atoms with Crippen LogP contribution >= 0.6 is 23.2 Å². The molecule has 0 aliphatic heterocycles. The van der Waals surface area contributed by atoms with Gasteiger partial charge in [0, 0.05) is 16.8 Å². The Morgan fingerprint density at radius 1 is 1.14 bits per heavy atom. The highest BCUT2D eigenvalue weighted by Crippen LogP contribution is 2.32. The van der Waals surface area contributed by atoms with Gasteiger partial charge in [-0.2, -0.15) is 0 Å². The molecule has 0 aliphatic carbocycles. The Morgan fingerprint density at radius 2 is 1.73 bits per heavy atom. The molecule has 0 fully saturated rings. The Labute approximate surface area is 138 Å². The van der Waals surface area contributed by atoms with Gasteiger partial charge in [0.05, 0.1) is 0 Å². The first-order valence-corrected chi connectivity index (χ1v) is 8.81. The van der Waals surface area contributed by atoms with Crippen LogP contribution in [0.4, 0.5) is 0 Å². The van der Waals surface area contributed by atoms with Crippen molar-refractivity contribution in [3.63, 3.8) is 0 Å². The van der Waals surface area contributed by atoms with E-state index in [1.165, 1.54) is 12.1 Å². The average molecular weight is 359 g/mol. The van der Waals surface area contributed by atoms with Gasteiger partial charge in [-0.3, -0.25) is 4.79 Å². The molecule has 0 spiro atoms. The molecule has 0 heterocycles. The van der Waals surface area contributed by atoms with Gasteiger partial charge in [-0.25, -0.2) is 8.42 Å². The molecular formula is C15H12Cl2O4S. The smallest absolute Gasteiger partial charge is 0.252 e. The molecule has 0 amide bonds. The number of benzene rings is 2. The second kappa shape index (κ2) is 6.28. The molecule has 116 valence electrons. The minimum atomic E-state index is -3.60. The van der Waals surface area contributed by atoms with E-state index in [-0.39, 0.29) is 16.2 Å². The highest BCUT2D eigenvalue weighted by molar-refractivity contribution is 7.90. The first-order valence-electron chi connectivity index (χ1n) is 6.16. The van der Waals surface area contributed by atoms with Crippen LogP contribution in [0.1, 0.15) is 15.9 Å². The Kier molecular flexibility index (Phi) is 4.80. The summed E-state index contributed by atoms with van der Waals surface area (Å²) < 4.78 is 29.5. The van der Waals surface area contributed by atoms with Crippen LogP contribution in [0.25, 0.3) is 0 Å². The predicted molar refractivity (Wildman–Crippen MR) is 86.0 cm³/mol. The summed E-state index contributed by atoms with van der Waals surface area (Å²) in [6.07, 6.45) is 1.04. The lowest BCUT2D eigenvalue weighted by Crippen LogP contribution is -2.04. The van der Waals surface area contributed by atoms with Crippen molar-refractivity contribution in [2.75, 3.05) is 6.26 Å². The van der Waals surface area contributed by atoms with Crippen LogP contribution in [-0.4, -0.2) is 19.9 Å². The number of halogens is 2. The summed E-state index contributed by atoms with van der Waals surface area (Å²) in [6, 6.07) is 9.18. The maximum Gasteiger partial charge on any atom is 0.252 e. The van der Waals surface area contributed by atoms with E-state index < -0.39 is 15.1 Å². The monoisotopic (exact) mass is 358 g/mol. The molecule has 0 saturated heterocycles. The maximum atomic E-state index is 11.9. The SMILES string of the molecule is Cc1cc(Oc2ccc(Cl)cc2)c(S(C)(=O)=O)cc1C(=O)Cl. The Bertz CT molecular complexity index is 827. The van der Waals surface area contributed by atoms with Gasteiger partial charge in [-0.15, -0.1) is 0 Å². The van der Waals surface area contributed by atoms with E-state index >= 15 is 0 Å². The molecule has 2 aromatic rings. The fourth-order valence-corrected chi connectivity index (χ4v) is 3.00. The van der Waals surface area contributed by atoms with Crippen LogP contribution < -0.4 is 4.74 Å². The van der Waals surface area contributed by atoms with Crippen LogP contribution in [0.2, 0.25) is 5.02 Å². The summed E-state index contributed by atoms with van der Waals surface area (Å²) in [7, 11) is -3.60. The van der Waals surface area contributed by atoms with Crippen LogP contribution in [0.3, 0.4) is 0 Å². The van der Waals surface area contributed by atoms with E-state index in [2.05, 4.69) is 0 Å². The molecule has 2 aromatic carbocycles. The van der Waals surface area contributed by atoms with Crippen molar-refractivity contribution < 1.29 is 17.9 Å². The third-order valence-electron chi connectivity index (χ3n) is 2.94. The number of ether oxygens (including phenoxy) is 1. The largest absolute Gasteiger partial charge is 0.456 e. The van der Waals surface area contributed by atoms with Gasteiger partial charge in [0.2, 0.25) is 0 Å². The van der Waals surface area contributed by atoms with Gasteiger partial charge in [0.25, 0.3) is 5.24 Å². The summed E-state index contributed by atoms with van der Waals surface area (Å²) in [6.45, 7) is 1.65. The highest BCUT2D eigenvalue weighted by atomic mass is 35.5. The van der Waals surface area contributed by atoms with E-state index in [1.54, 1.807) is 31.2 Å². The molecule has 0 aliphatic rings. The molecule has 0 N–H and O–H groups in total. The lowest BCUT2D eigenvalue weighted by Gasteiger charge is -2.13. The second-order valence-electron chi connectivity index (χ2n) is 4.72. The molecule has 7 heteroatoms. The van der Waals surface area contributed by atoms with Crippen molar-refractivity contribution in [1.29, 1.82) is 0 Å². The number of sulfone groups is 1. The third-order valence-corrected chi connectivity index (χ3v) is 4.52. The molecule has 2 rings (SSSR count). The molecule has 4 nitrogen and oxygen atoms in total. The van der Waals surface area contributed by atoms with E-state index in [1.807, 2.05) is 0 Å². The molecular weight excluding hydrogens is 347 g/mol. The Balaban J connectivity index is 2.57. The lowest BCUT2D eigenvalue weighted by atomic mass is 10.1. The average Bonchev–Trinajstić information content (AvgIpc) is 2.39. The normalized spacial score (nSPS) is 11.3. The summed E-state index contributed by atoms with van der Waals surface area (Å²) in [4.78, 5) is 11.3. The number of hydrogen-bond acceptors (Lipinski definition) is 4. The van der Waals surface area contributed by atoms with Crippen LogP contribution in [0, 0.1) is 6.92 Å². The Morgan fingerprint density at radius 3 is 2.23 bits per heavy atom. The van der Waals surface area contributed by atoms with Crippen molar-refractivity contribution in [2.45, 2.75) is 11.8 Å². The second-order valence-corrected chi connectivity index (χ2v) is 7.48. The molecule has 0 unspecified atom stereocenters. The van der Waals surface area contributed by atoms with E-state index in [9.17, 15) is 13.2 Å². The molecule has 0 saturated carbocycles. The van der Waals surface area contributed by atoms with E-state index in [0.717, 1.165) is 6.26 Å². The standard InChI is InChI=1S/C15H12Cl2O4S/c1-9-7-13(21-11-5-3-10(16)4-6-11)14(22(2,19)20)8-12(9)15(17)18/h3-8H,1-2H3. The van der Waals surface area contributed by atoms with Gasteiger partial charge in [0.15, 0.2) is 9.84 Å². The number of hydrogen-bond donors (Lipinski definition) is 0. The van der Waals surface area contributed by atoms with Crippen molar-refractivity contribution in [3.05, 3.63) is 52.5 Å². The van der Waals surface area contributed by atoms with E-state index in [4.69, 9.17) is 27.9 Å².